The first-order valence-corrected chi connectivity index (χ1v) is 12.0. The van der Waals surface area contributed by atoms with Crippen LogP contribution in [-0.4, -0.2) is 37.2 Å². The summed E-state index contributed by atoms with van der Waals surface area (Å²) >= 11 is 6.10. The molecule has 3 aromatic carbocycles. The number of nitrogens with one attached hydrogen (secondary N) is 1. The van der Waals surface area contributed by atoms with E-state index in [9.17, 15) is 9.59 Å². The third-order valence-corrected chi connectivity index (χ3v) is 6.29. The van der Waals surface area contributed by atoms with E-state index in [0.29, 0.717) is 23.8 Å². The molecule has 2 aliphatic rings. The van der Waals surface area contributed by atoms with Crippen LogP contribution >= 0.6 is 11.6 Å². The number of hydrogen-bond acceptors (Lipinski definition) is 5. The van der Waals surface area contributed by atoms with Gasteiger partial charge in [0.15, 0.2) is 0 Å². The van der Waals surface area contributed by atoms with Gasteiger partial charge in [0.1, 0.15) is 12.6 Å². The van der Waals surface area contributed by atoms with E-state index in [1.54, 1.807) is 18.2 Å². The van der Waals surface area contributed by atoms with E-state index in [4.69, 9.17) is 16.3 Å². The Kier molecular flexibility index (Phi) is 6.96. The molecule has 180 valence electrons. The largest absolute Gasteiger partial charge is 0.445 e. The lowest BCUT2D eigenvalue weighted by Gasteiger charge is -2.31. The molecule has 1 aliphatic heterocycles. The number of carbonyl (C=O) groups excluding carboxylic acids is 2. The molecule has 36 heavy (non-hydrogen) atoms. The van der Waals surface area contributed by atoms with Gasteiger partial charge in [-0.25, -0.2) is 4.79 Å². The van der Waals surface area contributed by atoms with Crippen molar-refractivity contribution in [2.75, 3.05) is 18.0 Å². The van der Waals surface area contributed by atoms with Crippen molar-refractivity contribution in [1.82, 2.24) is 5.32 Å². The summed E-state index contributed by atoms with van der Waals surface area (Å²) in [4.78, 5) is 32.8. The zero-order chi connectivity index (χ0) is 24.9. The molecule has 1 atom stereocenters. The molecule has 3 aromatic rings. The van der Waals surface area contributed by atoms with Crippen molar-refractivity contribution in [3.63, 3.8) is 0 Å². The summed E-state index contributed by atoms with van der Waals surface area (Å²) in [6.07, 6.45) is 4.78. The molecule has 1 amide bonds. The summed E-state index contributed by atoms with van der Waals surface area (Å²) in [5.74, 6) is -0.221. The van der Waals surface area contributed by atoms with E-state index in [-0.39, 0.29) is 12.4 Å². The lowest BCUT2D eigenvalue weighted by Crippen LogP contribution is -2.45. The molecule has 1 unspecified atom stereocenters. The molecule has 0 fully saturated rings. The number of amides is 1. The zero-order valence-electron chi connectivity index (χ0n) is 19.4. The van der Waals surface area contributed by atoms with Crippen LogP contribution in [0.3, 0.4) is 0 Å². The van der Waals surface area contributed by atoms with Gasteiger partial charge in [-0.2, -0.15) is 0 Å². The molecule has 5 rings (SSSR count). The van der Waals surface area contributed by atoms with Crippen molar-refractivity contribution in [2.24, 2.45) is 4.99 Å². The second kappa shape index (κ2) is 10.6. The molecule has 0 spiro atoms. The number of ether oxygens (including phenoxy) is 1. The van der Waals surface area contributed by atoms with Gasteiger partial charge in [-0.1, -0.05) is 72.3 Å². The summed E-state index contributed by atoms with van der Waals surface area (Å²) in [6, 6.07) is 23.7. The van der Waals surface area contributed by atoms with Crippen LogP contribution in [0.4, 0.5) is 10.5 Å². The standard InChI is InChI=1S/C29H24ClN3O3/c30-24-12-10-21(11-13-24)23-16-25(32-29(35)36-19-20-6-2-1-3-7-20)28(34)27(17-23)33-15-14-31-18-22-8-4-5-9-26(22)33/h1-13,16-18,25H,14-15,19H2,(H,32,35). The number of fused-ring (bicyclic) bond motifs is 1. The first-order chi connectivity index (χ1) is 17.6. The third-order valence-electron chi connectivity index (χ3n) is 6.04. The van der Waals surface area contributed by atoms with E-state index in [1.165, 1.54) is 0 Å². The van der Waals surface area contributed by atoms with Crippen molar-refractivity contribution in [3.8, 4) is 0 Å². The minimum Gasteiger partial charge on any atom is -0.445 e. The normalized spacial score (nSPS) is 17.0. The van der Waals surface area contributed by atoms with Gasteiger partial charge in [0.2, 0.25) is 5.78 Å². The Labute approximate surface area is 214 Å². The predicted molar refractivity (Wildman–Crippen MR) is 142 cm³/mol. The number of ketones is 1. The van der Waals surface area contributed by atoms with Crippen LogP contribution in [-0.2, 0) is 16.1 Å². The fraction of sp³-hybridized carbons (Fsp3) is 0.138. The van der Waals surface area contributed by atoms with Crippen LogP contribution in [0.2, 0.25) is 5.02 Å². The monoisotopic (exact) mass is 497 g/mol. The van der Waals surface area contributed by atoms with Crippen molar-refractivity contribution in [3.05, 3.63) is 118 Å². The number of anilines is 1. The van der Waals surface area contributed by atoms with E-state index in [2.05, 4.69) is 10.3 Å². The van der Waals surface area contributed by atoms with Crippen LogP contribution in [0.25, 0.3) is 5.57 Å². The quantitative estimate of drug-likeness (QED) is 0.510. The average Bonchev–Trinajstić information content (AvgIpc) is 3.12. The van der Waals surface area contributed by atoms with Crippen LogP contribution in [0, 0.1) is 0 Å². The first kappa shape index (κ1) is 23.6. The van der Waals surface area contributed by atoms with E-state index < -0.39 is 12.1 Å². The number of halogens is 1. The molecule has 1 heterocycles. The number of alkyl carbamates (subject to hydrolysis) is 1. The molecular formula is C29H24ClN3O3. The van der Waals surface area contributed by atoms with Crippen LogP contribution in [0.5, 0.6) is 0 Å². The van der Waals surface area contributed by atoms with Gasteiger partial charge >= 0.3 is 6.09 Å². The molecule has 7 heteroatoms. The Morgan fingerprint density at radius 3 is 2.58 bits per heavy atom. The predicted octanol–water partition coefficient (Wildman–Crippen LogP) is 5.42. The number of aliphatic imine (C=N–C) groups is 1. The smallest absolute Gasteiger partial charge is 0.408 e. The topological polar surface area (TPSA) is 71.0 Å². The van der Waals surface area contributed by atoms with Gasteiger partial charge in [0.25, 0.3) is 0 Å². The van der Waals surface area contributed by atoms with Crippen molar-refractivity contribution in [1.29, 1.82) is 0 Å². The summed E-state index contributed by atoms with van der Waals surface area (Å²) in [6.45, 7) is 1.18. The Morgan fingerprint density at radius 1 is 1.03 bits per heavy atom. The second-order valence-corrected chi connectivity index (χ2v) is 8.89. The van der Waals surface area contributed by atoms with E-state index in [1.807, 2.05) is 83.9 Å². The Morgan fingerprint density at radius 2 is 1.78 bits per heavy atom. The number of benzodiazepines with no additional fused rings is 1. The zero-order valence-corrected chi connectivity index (χ0v) is 20.2. The number of rotatable bonds is 5. The van der Waals surface area contributed by atoms with Crippen LogP contribution in [0.15, 0.2) is 102 Å². The average molecular weight is 498 g/mol. The van der Waals surface area contributed by atoms with Gasteiger partial charge < -0.3 is 15.0 Å². The molecular weight excluding hydrogens is 474 g/mol. The van der Waals surface area contributed by atoms with Gasteiger partial charge in [-0.05, 0) is 47.1 Å². The number of allylic oxidation sites excluding steroid dienone is 2. The number of nitrogens with zero attached hydrogens (tertiary/aromatic N) is 2. The van der Waals surface area contributed by atoms with Crippen LogP contribution in [0.1, 0.15) is 16.7 Å². The van der Waals surface area contributed by atoms with E-state index >= 15 is 0 Å². The maximum Gasteiger partial charge on any atom is 0.408 e. The highest BCUT2D eigenvalue weighted by molar-refractivity contribution is 6.30. The fourth-order valence-electron chi connectivity index (χ4n) is 4.25. The molecule has 6 nitrogen and oxygen atoms in total. The summed E-state index contributed by atoms with van der Waals surface area (Å²) in [7, 11) is 0. The fourth-order valence-corrected chi connectivity index (χ4v) is 4.37. The Balaban J connectivity index is 1.45. The van der Waals surface area contributed by atoms with Gasteiger partial charge in [-0.15, -0.1) is 0 Å². The van der Waals surface area contributed by atoms with Crippen molar-refractivity contribution < 1.29 is 14.3 Å². The highest BCUT2D eigenvalue weighted by Gasteiger charge is 2.32. The SMILES string of the molecule is O=C(NC1C=C(c2ccc(Cl)cc2)C=C(N2CCN=Cc3ccccc32)C1=O)OCc1ccccc1. The third kappa shape index (κ3) is 5.24. The van der Waals surface area contributed by atoms with Gasteiger partial charge in [0, 0.05) is 23.3 Å². The second-order valence-electron chi connectivity index (χ2n) is 8.45. The minimum atomic E-state index is -0.893. The minimum absolute atomic E-state index is 0.112. The van der Waals surface area contributed by atoms with Crippen LogP contribution < -0.4 is 10.2 Å². The maximum absolute atomic E-state index is 13.7. The molecule has 0 bridgehead atoms. The Bertz CT molecular complexity index is 1360. The van der Waals surface area contributed by atoms with Crippen molar-refractivity contribution in [2.45, 2.75) is 12.6 Å². The highest BCUT2D eigenvalue weighted by atomic mass is 35.5. The molecule has 1 aliphatic carbocycles. The number of carbonyl (C=O) groups is 2. The van der Waals surface area contributed by atoms with Crippen molar-refractivity contribution >= 4 is 41.0 Å². The van der Waals surface area contributed by atoms with E-state index in [0.717, 1.165) is 28.0 Å². The van der Waals surface area contributed by atoms with Gasteiger partial charge in [0.05, 0.1) is 17.9 Å². The first-order valence-electron chi connectivity index (χ1n) is 11.7. The number of para-hydroxylation sites is 1. The molecule has 0 saturated carbocycles. The number of Topliss-reactive ketones (excluding diaryl/α,β-unsaturated/α-hetero) is 1. The summed E-state index contributed by atoms with van der Waals surface area (Å²) in [5, 5.41) is 3.37. The lowest BCUT2D eigenvalue weighted by atomic mass is 9.92. The molecule has 0 saturated heterocycles. The molecule has 0 radical (unpaired) electrons. The molecule has 1 N–H and O–H groups in total. The maximum atomic E-state index is 13.7. The Hall–Kier alpha value is -4.16. The highest BCUT2D eigenvalue weighted by Crippen LogP contribution is 2.31. The molecule has 0 aromatic heterocycles. The number of hydrogen-bond donors (Lipinski definition) is 1. The summed E-state index contributed by atoms with van der Waals surface area (Å²) < 4.78 is 5.39. The lowest BCUT2D eigenvalue weighted by molar-refractivity contribution is -0.116. The van der Waals surface area contributed by atoms with Gasteiger partial charge in [-0.3, -0.25) is 9.79 Å². The summed E-state index contributed by atoms with van der Waals surface area (Å²) in [5.41, 5.74) is 4.85. The number of benzene rings is 3.